The van der Waals surface area contributed by atoms with E-state index in [0.717, 1.165) is 11.1 Å². The second-order valence-corrected chi connectivity index (χ2v) is 4.86. The summed E-state index contributed by atoms with van der Waals surface area (Å²) in [6.07, 6.45) is 0. The van der Waals surface area contributed by atoms with Crippen LogP contribution in [0, 0.1) is 0 Å². The van der Waals surface area contributed by atoms with Crippen LogP contribution in [-0.2, 0) is 9.09 Å². The van der Waals surface area contributed by atoms with Crippen molar-refractivity contribution in [3.63, 3.8) is 0 Å². The summed E-state index contributed by atoms with van der Waals surface area (Å²) >= 11 is 0. The van der Waals surface area contributed by atoms with Gasteiger partial charge < -0.3 is 5.11 Å². The molecular formula is C13H12O3P+. The fraction of sp³-hybridized carbons (Fsp3) is 0.0769. The Bertz CT molecular complexity index is 535. The number of aromatic hydroxyl groups is 1. The van der Waals surface area contributed by atoms with Gasteiger partial charge in [0.1, 0.15) is 5.75 Å². The van der Waals surface area contributed by atoms with E-state index in [9.17, 15) is 9.67 Å². The van der Waals surface area contributed by atoms with E-state index in [0.29, 0.717) is 5.30 Å². The summed E-state index contributed by atoms with van der Waals surface area (Å²) < 4.78 is 16.6. The summed E-state index contributed by atoms with van der Waals surface area (Å²) in [5.74, 6) is 0.211. The first-order chi connectivity index (χ1) is 8.22. The van der Waals surface area contributed by atoms with Crippen molar-refractivity contribution in [3.8, 4) is 16.9 Å². The summed E-state index contributed by atoms with van der Waals surface area (Å²) in [4.78, 5) is 0. The predicted octanol–water partition coefficient (Wildman–Crippen LogP) is 3.07. The summed E-state index contributed by atoms with van der Waals surface area (Å²) in [5, 5.41) is 9.91. The molecule has 1 unspecified atom stereocenters. The molecular weight excluding hydrogens is 235 g/mol. The fourth-order valence-corrected chi connectivity index (χ4v) is 2.42. The number of rotatable bonds is 3. The van der Waals surface area contributed by atoms with Crippen molar-refractivity contribution in [3.05, 3.63) is 48.5 Å². The topological polar surface area (TPSA) is 46.5 Å². The van der Waals surface area contributed by atoms with Crippen LogP contribution in [0.5, 0.6) is 5.75 Å². The molecule has 1 atom stereocenters. The second kappa shape index (κ2) is 5.09. The lowest BCUT2D eigenvalue weighted by Gasteiger charge is -2.01. The van der Waals surface area contributed by atoms with E-state index in [4.69, 9.17) is 4.52 Å². The zero-order chi connectivity index (χ0) is 12.3. The average Bonchev–Trinajstić information content (AvgIpc) is 2.39. The van der Waals surface area contributed by atoms with Crippen LogP contribution in [0.2, 0.25) is 0 Å². The van der Waals surface area contributed by atoms with Gasteiger partial charge in [-0.05, 0) is 34.4 Å². The Morgan fingerprint density at radius 2 is 1.71 bits per heavy atom. The van der Waals surface area contributed by atoms with Gasteiger partial charge in [0.25, 0.3) is 0 Å². The zero-order valence-electron chi connectivity index (χ0n) is 9.33. The molecule has 0 aliphatic heterocycles. The Balaban J connectivity index is 2.51. The highest BCUT2D eigenvalue weighted by Gasteiger charge is 2.24. The zero-order valence-corrected chi connectivity index (χ0v) is 10.2. The van der Waals surface area contributed by atoms with E-state index in [2.05, 4.69) is 0 Å². The van der Waals surface area contributed by atoms with Crippen molar-refractivity contribution in [1.82, 2.24) is 0 Å². The van der Waals surface area contributed by atoms with E-state index in [-0.39, 0.29) is 5.75 Å². The van der Waals surface area contributed by atoms with Crippen molar-refractivity contribution in [2.24, 2.45) is 0 Å². The lowest BCUT2D eigenvalue weighted by molar-refractivity contribution is 0.423. The van der Waals surface area contributed by atoms with Crippen molar-refractivity contribution in [2.45, 2.75) is 0 Å². The number of hydrogen-bond donors (Lipinski definition) is 1. The van der Waals surface area contributed by atoms with Crippen molar-refractivity contribution < 1.29 is 14.2 Å². The largest absolute Gasteiger partial charge is 0.549 e. The molecule has 3 nitrogen and oxygen atoms in total. The summed E-state index contributed by atoms with van der Waals surface area (Å²) in [7, 11) is -0.415. The lowest BCUT2D eigenvalue weighted by atomic mass is 10.1. The third-order valence-electron chi connectivity index (χ3n) is 2.44. The molecule has 0 saturated heterocycles. The van der Waals surface area contributed by atoms with Gasteiger partial charge in [-0.25, -0.2) is 0 Å². The highest BCUT2D eigenvalue weighted by atomic mass is 31.1. The first-order valence-electron chi connectivity index (χ1n) is 5.12. The SMILES string of the molecule is CO[P+](=O)c1ccccc1-c1ccc(O)cc1. The molecule has 4 heteroatoms. The van der Waals surface area contributed by atoms with Crippen LogP contribution in [0.1, 0.15) is 0 Å². The van der Waals surface area contributed by atoms with Gasteiger partial charge in [0.05, 0.1) is 7.11 Å². The highest BCUT2D eigenvalue weighted by Crippen LogP contribution is 2.28. The molecule has 2 aromatic rings. The molecule has 86 valence electrons. The van der Waals surface area contributed by atoms with Crippen molar-refractivity contribution >= 4 is 13.3 Å². The van der Waals surface area contributed by atoms with Crippen LogP contribution in [0.4, 0.5) is 0 Å². The molecule has 0 aromatic heterocycles. The Hall–Kier alpha value is -1.70. The molecule has 0 saturated carbocycles. The highest BCUT2D eigenvalue weighted by molar-refractivity contribution is 7.48. The standard InChI is InChI=1S/C13H11O3P/c1-16-17(15)13-5-3-2-4-12(13)10-6-8-11(14)9-7-10/h2-9H,1H3/p+1. The van der Waals surface area contributed by atoms with Gasteiger partial charge in [-0.15, -0.1) is 4.52 Å². The Labute approximate surface area is 101 Å². The number of hydrogen-bond acceptors (Lipinski definition) is 3. The molecule has 0 amide bonds. The molecule has 0 heterocycles. The van der Waals surface area contributed by atoms with Crippen molar-refractivity contribution in [2.75, 3.05) is 7.11 Å². The van der Waals surface area contributed by atoms with Crippen LogP contribution in [0.15, 0.2) is 48.5 Å². The van der Waals surface area contributed by atoms with E-state index >= 15 is 0 Å². The van der Waals surface area contributed by atoms with Crippen LogP contribution in [-0.4, -0.2) is 12.2 Å². The molecule has 0 aliphatic carbocycles. The van der Waals surface area contributed by atoms with Crippen molar-refractivity contribution in [1.29, 1.82) is 0 Å². The molecule has 1 N–H and O–H groups in total. The monoisotopic (exact) mass is 247 g/mol. The number of benzene rings is 2. The van der Waals surface area contributed by atoms with Gasteiger partial charge in [0, 0.05) is 5.56 Å². The van der Waals surface area contributed by atoms with E-state index in [1.165, 1.54) is 7.11 Å². The minimum atomic E-state index is -1.84. The fourth-order valence-electron chi connectivity index (χ4n) is 1.62. The van der Waals surface area contributed by atoms with Gasteiger partial charge >= 0.3 is 8.03 Å². The average molecular weight is 247 g/mol. The van der Waals surface area contributed by atoms with Crippen LogP contribution in [0.25, 0.3) is 11.1 Å². The van der Waals surface area contributed by atoms with Crippen LogP contribution >= 0.6 is 8.03 Å². The Kier molecular flexibility index (Phi) is 3.52. The number of phenols is 1. The van der Waals surface area contributed by atoms with Crippen LogP contribution in [0.3, 0.4) is 0 Å². The third kappa shape index (κ3) is 2.52. The molecule has 2 aromatic carbocycles. The van der Waals surface area contributed by atoms with Crippen LogP contribution < -0.4 is 5.30 Å². The lowest BCUT2D eigenvalue weighted by Crippen LogP contribution is -2.01. The molecule has 0 bridgehead atoms. The molecule has 2 rings (SSSR count). The molecule has 17 heavy (non-hydrogen) atoms. The Morgan fingerprint density at radius 1 is 1.06 bits per heavy atom. The summed E-state index contributed by atoms with van der Waals surface area (Å²) in [6, 6.07) is 14.1. The maximum atomic E-state index is 11.8. The Morgan fingerprint density at radius 3 is 2.35 bits per heavy atom. The van der Waals surface area contributed by atoms with E-state index in [1.807, 2.05) is 18.2 Å². The molecule has 0 aliphatic rings. The predicted molar refractivity (Wildman–Crippen MR) is 67.8 cm³/mol. The normalized spacial score (nSPS) is 11.2. The second-order valence-electron chi connectivity index (χ2n) is 3.50. The maximum absolute atomic E-state index is 11.8. The van der Waals surface area contributed by atoms with Gasteiger partial charge in [-0.3, -0.25) is 0 Å². The maximum Gasteiger partial charge on any atom is 0.549 e. The molecule has 0 spiro atoms. The van der Waals surface area contributed by atoms with Gasteiger partial charge in [0.2, 0.25) is 5.30 Å². The summed E-state index contributed by atoms with van der Waals surface area (Å²) in [6.45, 7) is 0. The summed E-state index contributed by atoms with van der Waals surface area (Å²) in [5.41, 5.74) is 1.76. The first-order valence-corrected chi connectivity index (χ1v) is 6.30. The quantitative estimate of drug-likeness (QED) is 0.848. The first kappa shape index (κ1) is 11.8. The van der Waals surface area contributed by atoms with E-state index in [1.54, 1.807) is 30.3 Å². The van der Waals surface area contributed by atoms with Gasteiger partial charge in [0.15, 0.2) is 0 Å². The molecule has 0 radical (unpaired) electrons. The van der Waals surface area contributed by atoms with Gasteiger partial charge in [-0.2, -0.15) is 0 Å². The molecule has 0 fully saturated rings. The minimum absolute atomic E-state index is 0.211. The minimum Gasteiger partial charge on any atom is -0.508 e. The third-order valence-corrected chi connectivity index (χ3v) is 3.56. The smallest absolute Gasteiger partial charge is 0.508 e. The number of phenolic OH excluding ortho intramolecular Hbond substituents is 1. The van der Waals surface area contributed by atoms with E-state index < -0.39 is 8.03 Å². The van der Waals surface area contributed by atoms with Gasteiger partial charge in [-0.1, -0.05) is 24.3 Å².